The summed E-state index contributed by atoms with van der Waals surface area (Å²) in [5, 5.41) is 13.7. The second-order valence-corrected chi connectivity index (χ2v) is 8.13. The predicted octanol–water partition coefficient (Wildman–Crippen LogP) is 2.34. The second kappa shape index (κ2) is 8.58. The molecule has 3 aromatic heterocycles. The minimum Gasteiger partial charge on any atom is -0.497 e. The normalized spacial score (nSPS) is 14.2. The number of benzene rings is 1. The first-order valence-electron chi connectivity index (χ1n) is 10.3. The van der Waals surface area contributed by atoms with Crippen LogP contribution in [0.25, 0.3) is 17.2 Å². The lowest BCUT2D eigenvalue weighted by Gasteiger charge is -2.36. The maximum Gasteiger partial charge on any atom is 0.272 e. The molecule has 0 saturated carbocycles. The number of nitrogens with zero attached hydrogens (tertiary/aromatic N) is 9. The smallest absolute Gasteiger partial charge is 0.272 e. The summed E-state index contributed by atoms with van der Waals surface area (Å²) in [5.41, 5.74) is 3.43. The molecule has 1 fully saturated rings. The molecule has 1 aliphatic rings. The van der Waals surface area contributed by atoms with Crippen LogP contribution in [0.5, 0.6) is 5.75 Å². The summed E-state index contributed by atoms with van der Waals surface area (Å²) >= 11 is 1.47. The van der Waals surface area contributed by atoms with Crippen molar-refractivity contribution in [2.45, 2.75) is 12.1 Å². The Morgan fingerprint density at radius 1 is 0.938 bits per heavy atom. The predicted molar refractivity (Wildman–Crippen MR) is 124 cm³/mol. The van der Waals surface area contributed by atoms with E-state index in [-0.39, 0.29) is 0 Å². The first kappa shape index (κ1) is 20.4. The summed E-state index contributed by atoms with van der Waals surface area (Å²) in [7, 11) is 1.68. The fourth-order valence-corrected chi connectivity index (χ4v) is 4.09. The first-order valence-corrected chi connectivity index (χ1v) is 11.5. The lowest BCUT2D eigenvalue weighted by molar-refractivity contribution is 0.415. The van der Waals surface area contributed by atoms with Crippen LogP contribution >= 0.6 is 11.8 Å². The van der Waals surface area contributed by atoms with Crippen molar-refractivity contribution in [1.82, 2.24) is 34.8 Å². The van der Waals surface area contributed by atoms with Crippen molar-refractivity contribution < 1.29 is 4.74 Å². The highest BCUT2D eigenvalue weighted by Gasteiger charge is 2.21. The first-order chi connectivity index (χ1) is 15.7. The molecule has 164 valence electrons. The van der Waals surface area contributed by atoms with E-state index >= 15 is 0 Å². The maximum atomic E-state index is 5.26. The minimum absolute atomic E-state index is 0.486. The molecule has 0 amide bonds. The Hall–Kier alpha value is -3.47. The molecule has 1 saturated heterocycles. The molecule has 0 atom stereocenters. The topological polar surface area (TPSA) is 97.5 Å². The monoisotopic (exact) mass is 449 g/mol. The van der Waals surface area contributed by atoms with Gasteiger partial charge in [-0.3, -0.25) is 0 Å². The molecular formula is C21H23N9OS. The third-order valence-electron chi connectivity index (χ3n) is 5.54. The van der Waals surface area contributed by atoms with Crippen molar-refractivity contribution in [3.63, 3.8) is 0 Å². The van der Waals surface area contributed by atoms with E-state index in [1.807, 2.05) is 31.4 Å². The van der Waals surface area contributed by atoms with Gasteiger partial charge in [0, 0.05) is 38.1 Å². The largest absolute Gasteiger partial charge is 0.497 e. The number of anilines is 2. The molecule has 4 aromatic rings. The molecule has 32 heavy (non-hydrogen) atoms. The third-order valence-corrected chi connectivity index (χ3v) is 6.08. The lowest BCUT2D eigenvalue weighted by Crippen LogP contribution is -2.47. The van der Waals surface area contributed by atoms with Gasteiger partial charge in [0.05, 0.1) is 18.5 Å². The Bertz CT molecular complexity index is 1240. The van der Waals surface area contributed by atoms with Gasteiger partial charge in [-0.05, 0) is 43.5 Å². The number of hydrogen-bond acceptors (Lipinski definition) is 10. The summed E-state index contributed by atoms with van der Waals surface area (Å²) in [6.45, 7) is 5.39. The summed E-state index contributed by atoms with van der Waals surface area (Å²) in [6, 6.07) is 10.0. The van der Waals surface area contributed by atoms with E-state index in [1.165, 1.54) is 17.4 Å². The van der Waals surface area contributed by atoms with Crippen molar-refractivity contribution in [1.29, 1.82) is 0 Å². The molecule has 0 N–H and O–H groups in total. The minimum atomic E-state index is 0.486. The van der Waals surface area contributed by atoms with Crippen LogP contribution < -0.4 is 14.5 Å². The second-order valence-electron chi connectivity index (χ2n) is 7.36. The number of fused-ring (bicyclic) bond motifs is 1. The van der Waals surface area contributed by atoms with Crippen molar-refractivity contribution in [2.24, 2.45) is 0 Å². The average Bonchev–Trinajstić information content (AvgIpc) is 3.29. The van der Waals surface area contributed by atoms with Gasteiger partial charge in [0.1, 0.15) is 11.4 Å². The van der Waals surface area contributed by atoms with Gasteiger partial charge in [-0.15, -0.1) is 15.3 Å². The summed E-state index contributed by atoms with van der Waals surface area (Å²) < 4.78 is 6.97. The number of ether oxygens (including phenoxy) is 1. The van der Waals surface area contributed by atoms with Crippen LogP contribution in [0.15, 0.2) is 41.7 Å². The number of rotatable bonds is 5. The average molecular weight is 450 g/mol. The standard InChI is InChI=1S/C21H23N9OS/c1-14-18(25-26-20-24-21(32-3)27-30(14)20)17-8-9-22-19(23-17)29-12-10-28(11-13-29)15-4-6-16(31-2)7-5-15/h4-9H,10-13H2,1-3H3. The highest BCUT2D eigenvalue weighted by molar-refractivity contribution is 7.98. The fourth-order valence-electron chi connectivity index (χ4n) is 3.76. The van der Waals surface area contributed by atoms with Gasteiger partial charge in [-0.2, -0.15) is 9.50 Å². The van der Waals surface area contributed by atoms with Gasteiger partial charge < -0.3 is 14.5 Å². The van der Waals surface area contributed by atoms with Crippen LogP contribution in [0, 0.1) is 6.92 Å². The van der Waals surface area contributed by atoms with Crippen LogP contribution in [0.1, 0.15) is 5.69 Å². The molecule has 4 heterocycles. The number of aromatic nitrogens is 7. The number of hydrogen-bond donors (Lipinski definition) is 0. The maximum absolute atomic E-state index is 5.26. The van der Waals surface area contributed by atoms with E-state index in [0.29, 0.717) is 22.6 Å². The van der Waals surface area contributed by atoms with Crippen LogP contribution in [0.3, 0.4) is 0 Å². The van der Waals surface area contributed by atoms with Gasteiger partial charge in [0.15, 0.2) is 0 Å². The fraction of sp³-hybridized carbons (Fsp3) is 0.333. The molecule has 0 aliphatic carbocycles. The molecule has 0 radical (unpaired) electrons. The van der Waals surface area contributed by atoms with Crippen LogP contribution in [0.4, 0.5) is 11.6 Å². The van der Waals surface area contributed by atoms with E-state index in [1.54, 1.807) is 17.8 Å². The quantitative estimate of drug-likeness (QED) is 0.422. The summed E-state index contributed by atoms with van der Waals surface area (Å²) in [5.74, 6) is 2.05. The van der Waals surface area contributed by atoms with E-state index in [4.69, 9.17) is 9.72 Å². The Balaban J connectivity index is 1.34. The zero-order valence-corrected chi connectivity index (χ0v) is 19.0. The summed E-state index contributed by atoms with van der Waals surface area (Å²) in [4.78, 5) is 18.2. The molecule has 5 rings (SSSR count). The van der Waals surface area contributed by atoms with E-state index in [9.17, 15) is 0 Å². The Labute approximate surface area is 189 Å². The van der Waals surface area contributed by atoms with E-state index < -0.39 is 0 Å². The Kier molecular flexibility index (Phi) is 5.48. The van der Waals surface area contributed by atoms with Gasteiger partial charge >= 0.3 is 0 Å². The highest BCUT2D eigenvalue weighted by Crippen LogP contribution is 2.24. The number of aryl methyl sites for hydroxylation is 1. The lowest BCUT2D eigenvalue weighted by atomic mass is 10.2. The van der Waals surface area contributed by atoms with Gasteiger partial charge in [-0.25, -0.2) is 9.97 Å². The molecule has 0 bridgehead atoms. The van der Waals surface area contributed by atoms with Crippen molar-refractivity contribution in [3.05, 3.63) is 42.2 Å². The van der Waals surface area contributed by atoms with E-state index in [0.717, 1.165) is 43.3 Å². The van der Waals surface area contributed by atoms with Gasteiger partial charge in [-0.1, -0.05) is 11.8 Å². The van der Waals surface area contributed by atoms with E-state index in [2.05, 4.69) is 47.2 Å². The third kappa shape index (κ3) is 3.79. The molecule has 1 aromatic carbocycles. The number of piperazine rings is 1. The van der Waals surface area contributed by atoms with Gasteiger partial charge in [0.25, 0.3) is 5.78 Å². The SMILES string of the molecule is COc1ccc(N2CCN(c3nccc(-c4nnc5nc(SC)nn5c4C)n3)CC2)cc1. The molecule has 0 unspecified atom stereocenters. The number of methoxy groups -OCH3 is 1. The molecule has 10 nitrogen and oxygen atoms in total. The van der Waals surface area contributed by atoms with Crippen molar-refractivity contribution >= 4 is 29.2 Å². The van der Waals surface area contributed by atoms with Crippen molar-refractivity contribution in [2.75, 3.05) is 49.3 Å². The Morgan fingerprint density at radius 3 is 2.41 bits per heavy atom. The summed E-state index contributed by atoms with van der Waals surface area (Å²) in [6.07, 6.45) is 3.71. The van der Waals surface area contributed by atoms with Crippen LogP contribution in [0.2, 0.25) is 0 Å². The molecular weight excluding hydrogens is 426 g/mol. The zero-order valence-electron chi connectivity index (χ0n) is 18.1. The number of thioether (sulfide) groups is 1. The molecule has 1 aliphatic heterocycles. The Morgan fingerprint density at radius 2 is 1.69 bits per heavy atom. The molecule has 11 heteroatoms. The highest BCUT2D eigenvalue weighted by atomic mass is 32.2. The van der Waals surface area contributed by atoms with Gasteiger partial charge in [0.2, 0.25) is 11.1 Å². The molecule has 0 spiro atoms. The van der Waals surface area contributed by atoms with Crippen LogP contribution in [-0.2, 0) is 0 Å². The zero-order chi connectivity index (χ0) is 22.1. The van der Waals surface area contributed by atoms with Crippen LogP contribution in [-0.4, -0.2) is 74.3 Å². The van der Waals surface area contributed by atoms with Crippen molar-refractivity contribution in [3.8, 4) is 17.1 Å².